The third-order valence-electron chi connectivity index (χ3n) is 12.6. The molecule has 3 aromatic carbocycles. The van der Waals surface area contributed by atoms with E-state index in [1.54, 1.807) is 20.0 Å². The Kier molecular flexibility index (Phi) is 12.0. The van der Waals surface area contributed by atoms with Crippen LogP contribution in [0.4, 0.5) is 18.4 Å². The molecule has 16 nitrogen and oxygen atoms in total. The minimum Gasteiger partial charge on any atom is -0.488 e. The average Bonchev–Trinajstić information content (AvgIpc) is 4.08. The molecule has 0 bridgehead atoms. The van der Waals surface area contributed by atoms with E-state index < -0.39 is 48.7 Å². The van der Waals surface area contributed by atoms with Crippen molar-refractivity contribution in [2.24, 2.45) is 17.8 Å². The van der Waals surface area contributed by atoms with Crippen LogP contribution in [-0.2, 0) is 25.7 Å². The maximum absolute atomic E-state index is 14.0. The van der Waals surface area contributed by atoms with Crippen molar-refractivity contribution in [2.75, 3.05) is 20.3 Å². The van der Waals surface area contributed by atoms with Gasteiger partial charge in [-0.05, 0) is 84.4 Å². The van der Waals surface area contributed by atoms with E-state index >= 15 is 0 Å². The number of methoxy groups -OCH3 is 1. The summed E-state index contributed by atoms with van der Waals surface area (Å²) in [4.78, 5) is 71.3. The second-order valence-electron chi connectivity index (χ2n) is 17.4. The normalized spacial score (nSPS) is 20.6. The number of hydrogen-bond donors (Lipinski definition) is 5. The van der Waals surface area contributed by atoms with Gasteiger partial charge in [-0.1, -0.05) is 45.9 Å². The number of carbonyl (C=O) groups excluding carboxylic acids is 3. The summed E-state index contributed by atoms with van der Waals surface area (Å²) in [6, 6.07) is 11.4. The maximum Gasteiger partial charge on any atom is 0.407 e. The molecule has 6 atom stereocenters. The maximum atomic E-state index is 14.0. The molecule has 5 N–H and O–H groups in total. The van der Waals surface area contributed by atoms with Crippen molar-refractivity contribution >= 4 is 45.8 Å². The highest BCUT2D eigenvalue weighted by Gasteiger charge is 2.43. The summed E-state index contributed by atoms with van der Waals surface area (Å²) in [6.45, 7) is 6.42. The second-order valence-corrected chi connectivity index (χ2v) is 17.4. The molecule has 5 heterocycles. The Morgan fingerprint density at radius 3 is 2.41 bits per heavy atom. The number of aromatic nitrogens is 4. The summed E-state index contributed by atoms with van der Waals surface area (Å²) >= 11 is 0. The van der Waals surface area contributed by atoms with Gasteiger partial charge in [-0.15, -0.1) is 0 Å². The molecule has 2 fully saturated rings. The van der Waals surface area contributed by atoms with Gasteiger partial charge in [0.05, 0.1) is 48.7 Å². The number of benzene rings is 3. The van der Waals surface area contributed by atoms with Crippen molar-refractivity contribution in [1.29, 1.82) is 0 Å². The van der Waals surface area contributed by atoms with Crippen LogP contribution < -0.4 is 15.4 Å². The van der Waals surface area contributed by atoms with E-state index in [2.05, 4.69) is 36.4 Å². The molecule has 63 heavy (non-hydrogen) atoms. The highest BCUT2D eigenvalue weighted by molar-refractivity contribution is 6.07. The third kappa shape index (κ3) is 8.47. The lowest BCUT2D eigenvalue weighted by Crippen LogP contribution is -2.52. The Balaban J connectivity index is 1.05. The van der Waals surface area contributed by atoms with Crippen molar-refractivity contribution in [3.8, 4) is 28.1 Å². The SMILES string of the molecule is COC(=O)N[C@H](C(=O)N1[C@@H](C)CC[C@H]1c1nc2ccc3cc4c(cc3c2[nH]1)OCc1cc(-c2cnc([C@@H]3C[C@H](COC(F)F)CN3C(=O)[C@@H](NC(=O)O)C(C)C)[nH]2)ccc1-4)C(C)C. The van der Waals surface area contributed by atoms with Crippen molar-refractivity contribution in [2.45, 2.75) is 97.3 Å². The number of nitrogens with zero attached hydrogens (tertiary/aromatic N) is 4. The number of carbonyl (C=O) groups is 4. The van der Waals surface area contributed by atoms with Gasteiger partial charge in [-0.2, -0.15) is 8.78 Å². The number of aromatic amines is 2. The lowest BCUT2D eigenvalue weighted by atomic mass is 9.92. The molecule has 3 aliphatic rings. The van der Waals surface area contributed by atoms with Gasteiger partial charge < -0.3 is 49.7 Å². The van der Waals surface area contributed by atoms with Crippen LogP contribution in [0.1, 0.15) is 83.2 Å². The van der Waals surface area contributed by atoms with Crippen molar-refractivity contribution in [3.05, 3.63) is 65.9 Å². The summed E-state index contributed by atoms with van der Waals surface area (Å²) in [7, 11) is 1.28. The largest absolute Gasteiger partial charge is 0.488 e. The highest BCUT2D eigenvalue weighted by atomic mass is 19.3. The molecule has 2 aromatic heterocycles. The number of halogens is 2. The van der Waals surface area contributed by atoms with Gasteiger partial charge in [0, 0.05) is 29.5 Å². The number of rotatable bonds is 12. The minimum atomic E-state index is -2.96. The van der Waals surface area contributed by atoms with Crippen LogP contribution in [0, 0.1) is 17.8 Å². The van der Waals surface area contributed by atoms with Crippen molar-refractivity contribution < 1.29 is 47.3 Å². The van der Waals surface area contributed by atoms with Gasteiger partial charge in [-0.25, -0.2) is 19.6 Å². The molecule has 5 aromatic rings. The molecular formula is C45H52F2N8O8. The molecule has 0 spiro atoms. The number of nitrogens with one attached hydrogen (secondary N) is 4. The zero-order chi connectivity index (χ0) is 44.9. The molecule has 2 saturated heterocycles. The molecule has 0 saturated carbocycles. The fourth-order valence-corrected chi connectivity index (χ4v) is 9.35. The van der Waals surface area contributed by atoms with Gasteiger partial charge in [0.1, 0.15) is 36.1 Å². The van der Waals surface area contributed by atoms with E-state index in [1.807, 2.05) is 62.1 Å². The fourth-order valence-electron chi connectivity index (χ4n) is 9.35. The number of alkyl halides is 2. The summed E-state index contributed by atoms with van der Waals surface area (Å²) in [5.74, 6) is 0.256. The van der Waals surface area contributed by atoms with Crippen LogP contribution in [-0.4, -0.2) is 104 Å². The lowest BCUT2D eigenvalue weighted by molar-refractivity contribution is -0.139. The molecular weight excluding hydrogens is 819 g/mol. The first kappa shape index (κ1) is 43.4. The lowest BCUT2D eigenvalue weighted by Gasteiger charge is -2.32. The Bertz CT molecular complexity index is 2560. The Labute approximate surface area is 362 Å². The van der Waals surface area contributed by atoms with Gasteiger partial charge in [0.2, 0.25) is 11.8 Å². The topological polar surface area (TPSA) is 204 Å². The van der Waals surface area contributed by atoms with Gasteiger partial charge in [0.25, 0.3) is 0 Å². The number of likely N-dealkylation sites (tertiary alicyclic amines) is 2. The minimum absolute atomic E-state index is 0.0553. The molecule has 4 amide bonds. The van der Waals surface area contributed by atoms with Gasteiger partial charge >= 0.3 is 18.8 Å². The van der Waals surface area contributed by atoms with Crippen molar-refractivity contribution in [3.63, 3.8) is 0 Å². The van der Waals surface area contributed by atoms with E-state index in [0.717, 1.165) is 50.5 Å². The smallest absolute Gasteiger partial charge is 0.407 e. The number of H-pyrrole nitrogens is 2. The number of ether oxygens (including phenoxy) is 3. The highest BCUT2D eigenvalue weighted by Crippen LogP contribution is 2.44. The van der Waals surface area contributed by atoms with Crippen LogP contribution in [0.2, 0.25) is 0 Å². The van der Waals surface area contributed by atoms with E-state index in [-0.39, 0.29) is 43.0 Å². The molecule has 0 unspecified atom stereocenters. The molecule has 334 valence electrons. The number of hydrogen-bond acceptors (Lipinski definition) is 9. The first-order valence-electron chi connectivity index (χ1n) is 21.3. The summed E-state index contributed by atoms with van der Waals surface area (Å²) in [5.41, 5.74) is 5.96. The summed E-state index contributed by atoms with van der Waals surface area (Å²) < 4.78 is 41.8. The van der Waals surface area contributed by atoms with Gasteiger partial charge in [0.15, 0.2) is 0 Å². The second kappa shape index (κ2) is 17.5. The van der Waals surface area contributed by atoms with Crippen LogP contribution >= 0.6 is 0 Å². The standard InChI is InChI=1S/C45H52F2N8O8/c1-21(2)36(52-44(58)59)41(56)54-18-24(19-63-43(46)47)13-34(54)39-48-17-32(50-39)26-8-10-28-27(14-26)20-62-35-16-29-25(15-30(28)35)9-11-31-38(29)51-40(49-31)33-12-7-23(5)55(33)42(57)37(22(3)4)53-45(60)61-6/h8-11,14-17,21-24,33-34,36-37,43,52H,7,12-13,18-20H2,1-6H3,(H,48,50)(H,49,51)(H,53,60)(H,58,59)/t23-,24-,33-,34-,36-,37-/m0/s1. The quantitative estimate of drug-likeness (QED) is 0.0834. The molecule has 0 radical (unpaired) electrons. The van der Waals surface area contributed by atoms with Crippen molar-refractivity contribution in [1.82, 2.24) is 40.4 Å². The zero-order valence-corrected chi connectivity index (χ0v) is 35.9. The predicted molar refractivity (Wildman–Crippen MR) is 228 cm³/mol. The zero-order valence-electron chi connectivity index (χ0n) is 35.9. The predicted octanol–water partition coefficient (Wildman–Crippen LogP) is 7.52. The van der Waals surface area contributed by atoms with E-state index in [4.69, 9.17) is 14.5 Å². The van der Waals surface area contributed by atoms with E-state index in [0.29, 0.717) is 42.5 Å². The number of alkyl carbamates (subject to hydrolysis) is 1. The third-order valence-corrected chi connectivity index (χ3v) is 12.6. The van der Waals surface area contributed by atoms with Crippen LogP contribution in [0.3, 0.4) is 0 Å². The Morgan fingerprint density at radius 1 is 0.937 bits per heavy atom. The Morgan fingerprint density at radius 2 is 1.70 bits per heavy atom. The first-order chi connectivity index (χ1) is 30.1. The van der Waals surface area contributed by atoms with Crippen LogP contribution in [0.15, 0.2) is 48.7 Å². The summed E-state index contributed by atoms with van der Waals surface area (Å²) in [6.07, 6.45) is 1.47. The number of imidazole rings is 2. The van der Waals surface area contributed by atoms with Crippen LogP contribution in [0.25, 0.3) is 44.2 Å². The fraction of sp³-hybridized carbons (Fsp3) is 0.467. The summed E-state index contributed by atoms with van der Waals surface area (Å²) in [5, 5.41) is 16.3. The number of amides is 4. The monoisotopic (exact) mass is 870 g/mol. The molecule has 3 aliphatic heterocycles. The Hall–Kier alpha value is -6.30. The average molecular weight is 871 g/mol. The van der Waals surface area contributed by atoms with Crippen LogP contribution in [0.5, 0.6) is 5.75 Å². The molecule has 0 aliphatic carbocycles. The van der Waals surface area contributed by atoms with E-state index in [1.165, 1.54) is 12.0 Å². The number of carboxylic acid groups (broad SMARTS) is 1. The van der Waals surface area contributed by atoms with E-state index in [9.17, 15) is 33.1 Å². The molecule has 18 heteroatoms. The number of fused-ring (bicyclic) bond motifs is 6. The van der Waals surface area contributed by atoms with Gasteiger partial charge in [-0.3, -0.25) is 9.59 Å². The first-order valence-corrected chi connectivity index (χ1v) is 21.3. The molecule has 8 rings (SSSR count).